The third kappa shape index (κ3) is 7.46. The predicted molar refractivity (Wildman–Crippen MR) is 166 cm³/mol. The van der Waals surface area contributed by atoms with Crippen LogP contribution in [-0.2, 0) is 9.59 Å². The van der Waals surface area contributed by atoms with Crippen LogP contribution in [0.1, 0.15) is 60.4 Å². The van der Waals surface area contributed by atoms with Crippen LogP contribution in [0.15, 0.2) is 48.5 Å². The van der Waals surface area contributed by atoms with Crippen LogP contribution in [0.3, 0.4) is 0 Å². The van der Waals surface area contributed by atoms with E-state index in [1.54, 1.807) is 22.9 Å². The van der Waals surface area contributed by atoms with E-state index in [0.717, 1.165) is 31.4 Å². The number of aliphatic hydroxyl groups excluding tert-OH is 1. The van der Waals surface area contributed by atoms with Gasteiger partial charge in [-0.3, -0.25) is 14.4 Å². The van der Waals surface area contributed by atoms with Gasteiger partial charge in [-0.25, -0.2) is 0 Å². The summed E-state index contributed by atoms with van der Waals surface area (Å²) in [6.07, 6.45) is 4.11. The maximum absolute atomic E-state index is 13.7. The van der Waals surface area contributed by atoms with Gasteiger partial charge in [0.05, 0.1) is 16.7 Å². The monoisotopic (exact) mass is 616 g/mol. The average Bonchev–Trinajstić information content (AvgIpc) is 3.01. The van der Waals surface area contributed by atoms with Crippen molar-refractivity contribution < 1.29 is 19.5 Å². The Bertz CT molecular complexity index is 1240. The number of likely N-dealkylation sites (tertiary alicyclic amines) is 2. The molecule has 4 rings (SSSR count). The maximum Gasteiger partial charge on any atom is 0.253 e. The molecule has 0 aromatic heterocycles. The second-order valence-corrected chi connectivity index (χ2v) is 12.4. The van der Waals surface area contributed by atoms with E-state index in [-0.39, 0.29) is 36.8 Å². The number of piperidine rings is 2. The van der Waals surface area contributed by atoms with E-state index in [1.807, 2.05) is 54.4 Å². The Morgan fingerprint density at radius 2 is 1.69 bits per heavy atom. The van der Waals surface area contributed by atoms with Crippen molar-refractivity contribution in [3.8, 4) is 0 Å². The number of hydrogen-bond acceptors (Lipinski definition) is 5. The molecule has 2 heterocycles. The summed E-state index contributed by atoms with van der Waals surface area (Å²) in [7, 11) is 3.52. The first kappa shape index (κ1) is 32.3. The number of rotatable bonds is 11. The smallest absolute Gasteiger partial charge is 0.253 e. The normalized spacial score (nSPS) is 18.0. The fourth-order valence-electron chi connectivity index (χ4n) is 6.29. The predicted octanol–water partition coefficient (Wildman–Crippen LogP) is 4.54. The fraction of sp³-hybridized carbons (Fsp3) is 0.531. The van der Waals surface area contributed by atoms with E-state index in [0.29, 0.717) is 61.1 Å². The van der Waals surface area contributed by atoms with Crippen molar-refractivity contribution in [1.29, 1.82) is 0 Å². The first-order valence-electron chi connectivity index (χ1n) is 14.8. The van der Waals surface area contributed by atoms with Crippen LogP contribution in [0.25, 0.3) is 0 Å². The topological polar surface area (TPSA) is 84.4 Å². The minimum atomic E-state index is -0.872. The zero-order valence-electron chi connectivity index (χ0n) is 24.6. The standard InChI is InChI=1S/C32H42Cl2N4O4/c1-35(20-21-39)31(42)32(38-16-7-6-10-29(38)40)14-18-37(19-15-32)17-13-26(25-11-12-27(33)28(34)22-25)23-36(2)30(41)24-8-4-3-5-9-24/h3-5,8-9,11-12,22,26,39H,6-7,10,13-21,23H2,1-2H3/t26-/m1/s1. The van der Waals surface area contributed by atoms with Gasteiger partial charge in [0, 0.05) is 64.7 Å². The molecule has 42 heavy (non-hydrogen) atoms. The summed E-state index contributed by atoms with van der Waals surface area (Å²) >= 11 is 12.6. The molecule has 2 aliphatic heterocycles. The number of hydrogen-bond donors (Lipinski definition) is 1. The molecule has 1 N–H and O–H groups in total. The second-order valence-electron chi connectivity index (χ2n) is 11.5. The number of halogens is 2. The maximum atomic E-state index is 13.7. The highest BCUT2D eigenvalue weighted by molar-refractivity contribution is 6.42. The van der Waals surface area contributed by atoms with Crippen molar-refractivity contribution in [2.45, 2.75) is 50.0 Å². The molecule has 2 fully saturated rings. The third-order valence-corrected chi connectivity index (χ3v) is 9.51. The summed E-state index contributed by atoms with van der Waals surface area (Å²) in [6, 6.07) is 14.9. The summed E-state index contributed by atoms with van der Waals surface area (Å²) < 4.78 is 0. The lowest BCUT2D eigenvalue weighted by molar-refractivity contribution is -0.159. The molecule has 0 bridgehead atoms. The highest BCUT2D eigenvalue weighted by Crippen LogP contribution is 2.35. The molecule has 2 aromatic carbocycles. The Morgan fingerprint density at radius 3 is 2.33 bits per heavy atom. The lowest BCUT2D eigenvalue weighted by Crippen LogP contribution is -2.65. The van der Waals surface area contributed by atoms with Gasteiger partial charge in [-0.05, 0) is 68.5 Å². The summed E-state index contributed by atoms with van der Waals surface area (Å²) in [6.45, 7) is 3.35. The van der Waals surface area contributed by atoms with E-state index in [1.165, 1.54) is 0 Å². The Kier molecular flexibility index (Phi) is 11.3. The van der Waals surface area contributed by atoms with Crippen molar-refractivity contribution in [3.63, 3.8) is 0 Å². The van der Waals surface area contributed by atoms with Gasteiger partial charge >= 0.3 is 0 Å². The molecule has 3 amide bonds. The fourth-order valence-corrected chi connectivity index (χ4v) is 6.60. The molecule has 8 nitrogen and oxygen atoms in total. The molecule has 1 atom stereocenters. The highest BCUT2D eigenvalue weighted by Gasteiger charge is 2.49. The van der Waals surface area contributed by atoms with Gasteiger partial charge in [0.1, 0.15) is 5.54 Å². The van der Waals surface area contributed by atoms with Crippen LogP contribution in [0, 0.1) is 0 Å². The van der Waals surface area contributed by atoms with Gasteiger partial charge < -0.3 is 24.7 Å². The molecule has 0 unspecified atom stereocenters. The number of carbonyl (C=O) groups is 3. The Morgan fingerprint density at radius 1 is 0.976 bits per heavy atom. The molecule has 0 saturated carbocycles. The minimum absolute atomic E-state index is 0.0186. The first-order chi connectivity index (χ1) is 20.2. The summed E-state index contributed by atoms with van der Waals surface area (Å²) in [4.78, 5) is 47.3. The quantitative estimate of drug-likeness (QED) is 0.401. The van der Waals surface area contributed by atoms with Gasteiger partial charge in [-0.2, -0.15) is 0 Å². The number of aliphatic hydroxyl groups is 1. The average molecular weight is 618 g/mol. The van der Waals surface area contributed by atoms with E-state index >= 15 is 0 Å². The third-order valence-electron chi connectivity index (χ3n) is 8.77. The van der Waals surface area contributed by atoms with Crippen LogP contribution in [-0.4, -0.2) is 108 Å². The molecule has 0 radical (unpaired) electrons. The molecule has 2 saturated heterocycles. The van der Waals surface area contributed by atoms with E-state index in [2.05, 4.69) is 4.90 Å². The van der Waals surface area contributed by atoms with E-state index in [9.17, 15) is 19.5 Å². The van der Waals surface area contributed by atoms with Gasteiger partial charge in [-0.1, -0.05) is 47.5 Å². The van der Waals surface area contributed by atoms with E-state index < -0.39 is 5.54 Å². The Balaban J connectivity index is 1.47. The summed E-state index contributed by atoms with van der Waals surface area (Å²) in [5, 5.41) is 10.4. The number of nitrogens with zero attached hydrogens (tertiary/aromatic N) is 4. The van der Waals surface area contributed by atoms with Crippen molar-refractivity contribution in [2.75, 3.05) is 60.0 Å². The van der Waals surface area contributed by atoms with Crippen LogP contribution < -0.4 is 0 Å². The zero-order chi connectivity index (χ0) is 30.3. The van der Waals surface area contributed by atoms with Gasteiger partial charge in [-0.15, -0.1) is 0 Å². The van der Waals surface area contributed by atoms with Crippen LogP contribution in [0.2, 0.25) is 10.0 Å². The molecular weight excluding hydrogens is 575 g/mol. The highest BCUT2D eigenvalue weighted by atomic mass is 35.5. The molecule has 228 valence electrons. The van der Waals surface area contributed by atoms with Crippen LogP contribution >= 0.6 is 23.2 Å². The molecule has 0 aliphatic carbocycles. The lowest BCUT2D eigenvalue weighted by atomic mass is 9.82. The molecule has 0 spiro atoms. The largest absolute Gasteiger partial charge is 0.395 e. The first-order valence-corrected chi connectivity index (χ1v) is 15.6. The minimum Gasteiger partial charge on any atom is -0.395 e. The number of benzene rings is 2. The molecule has 10 heteroatoms. The molecular formula is C32H42Cl2N4O4. The molecule has 2 aromatic rings. The van der Waals surface area contributed by atoms with Crippen LogP contribution in [0.5, 0.6) is 0 Å². The Labute approximate surface area is 259 Å². The number of likely N-dealkylation sites (N-methyl/N-ethyl adjacent to an activating group) is 2. The van der Waals surface area contributed by atoms with Crippen molar-refractivity contribution in [3.05, 3.63) is 69.7 Å². The number of amides is 3. The van der Waals surface area contributed by atoms with Crippen molar-refractivity contribution in [1.82, 2.24) is 19.6 Å². The number of carbonyl (C=O) groups excluding carboxylic acids is 3. The van der Waals surface area contributed by atoms with E-state index in [4.69, 9.17) is 23.2 Å². The summed E-state index contributed by atoms with van der Waals surface area (Å²) in [5.41, 5.74) is 0.787. The van der Waals surface area contributed by atoms with Crippen molar-refractivity contribution >= 4 is 40.9 Å². The van der Waals surface area contributed by atoms with Crippen LogP contribution in [0.4, 0.5) is 0 Å². The zero-order valence-corrected chi connectivity index (χ0v) is 26.1. The summed E-state index contributed by atoms with van der Waals surface area (Å²) in [5.74, 6) is -0.0577. The lowest BCUT2D eigenvalue weighted by Gasteiger charge is -2.50. The molecule has 2 aliphatic rings. The van der Waals surface area contributed by atoms with Gasteiger partial charge in [0.15, 0.2) is 0 Å². The van der Waals surface area contributed by atoms with Gasteiger partial charge in [0.25, 0.3) is 5.91 Å². The van der Waals surface area contributed by atoms with Gasteiger partial charge in [0.2, 0.25) is 11.8 Å². The second kappa shape index (κ2) is 14.7. The van der Waals surface area contributed by atoms with Crippen molar-refractivity contribution in [2.24, 2.45) is 0 Å². The Hall–Kier alpha value is -2.65. The SMILES string of the molecule is CN(C[C@@H](CCN1CCC(C(=O)N(C)CCO)(N2CCCCC2=O)CC1)c1ccc(Cl)c(Cl)c1)C(=O)c1ccccc1.